The van der Waals surface area contributed by atoms with Gasteiger partial charge < -0.3 is 5.11 Å². The van der Waals surface area contributed by atoms with E-state index in [4.69, 9.17) is 0 Å². The van der Waals surface area contributed by atoms with E-state index >= 15 is 0 Å². The Morgan fingerprint density at radius 3 is 0.818 bits per heavy atom. The second-order valence-corrected chi connectivity index (χ2v) is 14.2. The Morgan fingerprint density at radius 2 is 0.614 bits per heavy atom. The van der Waals surface area contributed by atoms with Gasteiger partial charge in [0.05, 0.1) is 5.41 Å². The Bertz CT molecular complexity index is 567. The Labute approximate surface area is 276 Å². The van der Waals surface area contributed by atoms with Crippen molar-refractivity contribution in [3.05, 3.63) is 0 Å². The van der Waals surface area contributed by atoms with Gasteiger partial charge in [-0.15, -0.1) is 0 Å². The topological polar surface area (TPSA) is 54.4 Å². The number of carbonyl (C=O) groups is 2. The maximum Gasteiger partial charge on any atom is 0.146 e. The third-order valence-electron chi connectivity index (χ3n) is 10.2. The molecule has 0 aromatic carbocycles. The van der Waals surface area contributed by atoms with Crippen molar-refractivity contribution in [2.45, 2.75) is 239 Å². The van der Waals surface area contributed by atoms with Crippen LogP contribution < -0.4 is 0 Å². The van der Waals surface area contributed by atoms with Gasteiger partial charge in [-0.2, -0.15) is 0 Å². The summed E-state index contributed by atoms with van der Waals surface area (Å²) in [4.78, 5) is 26.6. The Hall–Kier alpha value is -0.700. The van der Waals surface area contributed by atoms with Crippen LogP contribution in [-0.4, -0.2) is 23.3 Å². The van der Waals surface area contributed by atoms with E-state index in [-0.39, 0.29) is 18.2 Å². The number of ketones is 2. The number of hydrogen-bond donors (Lipinski definition) is 1. The molecular formula is C41H80O3. The van der Waals surface area contributed by atoms with E-state index in [0.717, 1.165) is 25.7 Å². The third kappa shape index (κ3) is 24.5. The molecular weight excluding hydrogens is 540 g/mol. The summed E-state index contributed by atoms with van der Waals surface area (Å²) in [5.74, 6) is 0.185. The van der Waals surface area contributed by atoms with Gasteiger partial charge in [-0.1, -0.05) is 201 Å². The predicted molar refractivity (Wildman–Crippen MR) is 194 cm³/mol. The summed E-state index contributed by atoms with van der Waals surface area (Å²) in [5, 5.41) is 9.73. The molecule has 3 nitrogen and oxygen atoms in total. The van der Waals surface area contributed by atoms with Gasteiger partial charge in [-0.05, 0) is 25.7 Å². The van der Waals surface area contributed by atoms with Crippen LogP contribution in [0.1, 0.15) is 239 Å². The fourth-order valence-corrected chi connectivity index (χ4v) is 6.99. The highest BCUT2D eigenvalue weighted by molar-refractivity contribution is 6.06. The van der Waals surface area contributed by atoms with Crippen molar-refractivity contribution in [1.29, 1.82) is 0 Å². The van der Waals surface area contributed by atoms with Gasteiger partial charge >= 0.3 is 0 Å². The highest BCUT2D eigenvalue weighted by Gasteiger charge is 2.41. The average molecular weight is 621 g/mol. The number of hydrogen-bond acceptors (Lipinski definition) is 3. The minimum absolute atomic E-state index is 0.0803. The van der Waals surface area contributed by atoms with Crippen LogP contribution in [0.25, 0.3) is 0 Å². The van der Waals surface area contributed by atoms with Crippen molar-refractivity contribution in [3.8, 4) is 0 Å². The summed E-state index contributed by atoms with van der Waals surface area (Å²) < 4.78 is 0. The van der Waals surface area contributed by atoms with Crippen LogP contribution in [0.3, 0.4) is 0 Å². The van der Waals surface area contributed by atoms with E-state index < -0.39 is 5.41 Å². The molecule has 0 radical (unpaired) electrons. The Balaban J connectivity index is 3.91. The fourth-order valence-electron chi connectivity index (χ4n) is 6.99. The van der Waals surface area contributed by atoms with Crippen LogP contribution in [0.2, 0.25) is 0 Å². The van der Waals surface area contributed by atoms with Crippen LogP contribution in [0, 0.1) is 5.41 Å². The first-order chi connectivity index (χ1) is 21.6. The van der Waals surface area contributed by atoms with E-state index in [1.165, 1.54) is 167 Å². The lowest BCUT2D eigenvalue weighted by molar-refractivity contribution is -0.142. The molecule has 0 heterocycles. The van der Waals surface area contributed by atoms with Crippen molar-refractivity contribution in [3.63, 3.8) is 0 Å². The molecule has 0 saturated heterocycles. The average Bonchev–Trinajstić information content (AvgIpc) is 3.03. The molecule has 0 fully saturated rings. The third-order valence-corrected chi connectivity index (χ3v) is 10.2. The van der Waals surface area contributed by atoms with Crippen LogP contribution >= 0.6 is 0 Å². The Morgan fingerprint density at radius 1 is 0.386 bits per heavy atom. The SMILES string of the molecule is CCCCCCCCCCCCCCCCCC(=O)C(CC)(CCO)C(=O)CCCCCCCCCCCCCCCCC. The van der Waals surface area contributed by atoms with Gasteiger partial charge in [0.15, 0.2) is 0 Å². The summed E-state index contributed by atoms with van der Waals surface area (Å²) >= 11 is 0. The molecule has 3 heteroatoms. The van der Waals surface area contributed by atoms with E-state index in [9.17, 15) is 14.7 Å². The van der Waals surface area contributed by atoms with Gasteiger partial charge in [0.25, 0.3) is 0 Å². The van der Waals surface area contributed by atoms with E-state index in [2.05, 4.69) is 13.8 Å². The second kappa shape index (κ2) is 33.7. The first-order valence-corrected chi connectivity index (χ1v) is 20.3. The summed E-state index contributed by atoms with van der Waals surface area (Å²) in [7, 11) is 0. The molecule has 44 heavy (non-hydrogen) atoms. The first-order valence-electron chi connectivity index (χ1n) is 20.3. The number of carbonyl (C=O) groups excluding carboxylic acids is 2. The smallest absolute Gasteiger partial charge is 0.146 e. The molecule has 0 aliphatic rings. The normalized spacial score (nSPS) is 11.8. The van der Waals surface area contributed by atoms with E-state index in [1.54, 1.807) is 0 Å². The van der Waals surface area contributed by atoms with Gasteiger partial charge in [0, 0.05) is 19.4 Å². The highest BCUT2D eigenvalue weighted by Crippen LogP contribution is 2.33. The standard InChI is InChI=1S/C41H80O3/c1-4-7-9-11-13-15-17-19-21-23-25-27-29-31-33-35-39(43)41(6-3,37-38-42)40(44)36-34-32-30-28-26-24-22-20-18-16-14-12-10-8-5-2/h42H,4-38H2,1-3H3. The predicted octanol–water partition coefficient (Wildman–Crippen LogP) is 13.4. The van der Waals surface area contributed by atoms with Gasteiger partial charge in [-0.25, -0.2) is 0 Å². The van der Waals surface area contributed by atoms with Gasteiger partial charge in [0.1, 0.15) is 11.6 Å². The molecule has 0 atom stereocenters. The lowest BCUT2D eigenvalue weighted by atomic mass is 9.71. The quantitative estimate of drug-likeness (QED) is 0.0555. The minimum atomic E-state index is -0.944. The minimum Gasteiger partial charge on any atom is -0.396 e. The molecule has 262 valence electrons. The number of unbranched alkanes of at least 4 members (excludes halogenated alkanes) is 28. The molecule has 0 bridgehead atoms. The molecule has 0 aromatic heterocycles. The number of aliphatic hydroxyl groups is 1. The molecule has 0 spiro atoms. The molecule has 0 aliphatic carbocycles. The maximum atomic E-state index is 13.3. The Kier molecular flexibility index (Phi) is 33.1. The summed E-state index contributed by atoms with van der Waals surface area (Å²) in [6.45, 7) is 6.44. The van der Waals surface area contributed by atoms with Crippen molar-refractivity contribution >= 4 is 11.6 Å². The van der Waals surface area contributed by atoms with E-state index in [1.807, 2.05) is 6.92 Å². The molecule has 0 unspecified atom stereocenters. The van der Waals surface area contributed by atoms with Gasteiger partial charge in [0.2, 0.25) is 0 Å². The molecule has 1 N–H and O–H groups in total. The second-order valence-electron chi connectivity index (χ2n) is 14.2. The lowest BCUT2D eigenvalue weighted by Gasteiger charge is -2.29. The van der Waals surface area contributed by atoms with Crippen LogP contribution in [0.4, 0.5) is 0 Å². The zero-order valence-electron chi connectivity index (χ0n) is 30.5. The van der Waals surface area contributed by atoms with Crippen LogP contribution in [0.5, 0.6) is 0 Å². The van der Waals surface area contributed by atoms with Crippen molar-refractivity contribution in [1.82, 2.24) is 0 Å². The monoisotopic (exact) mass is 621 g/mol. The molecule has 0 amide bonds. The number of rotatable bonds is 37. The van der Waals surface area contributed by atoms with E-state index in [0.29, 0.717) is 25.7 Å². The zero-order chi connectivity index (χ0) is 32.4. The maximum absolute atomic E-state index is 13.3. The molecule has 0 rings (SSSR count). The summed E-state index contributed by atoms with van der Waals surface area (Å²) in [6.07, 6.45) is 41.1. The molecule has 0 aromatic rings. The van der Waals surface area contributed by atoms with Crippen LogP contribution in [0.15, 0.2) is 0 Å². The zero-order valence-corrected chi connectivity index (χ0v) is 30.5. The molecule has 0 aliphatic heterocycles. The number of Topliss-reactive ketones (excluding diaryl/α,β-unsaturated/α-hetero) is 2. The highest BCUT2D eigenvalue weighted by atomic mass is 16.3. The fraction of sp³-hybridized carbons (Fsp3) is 0.951. The largest absolute Gasteiger partial charge is 0.396 e. The van der Waals surface area contributed by atoms with Crippen molar-refractivity contribution < 1.29 is 14.7 Å². The first kappa shape index (κ1) is 43.3. The van der Waals surface area contributed by atoms with Crippen molar-refractivity contribution in [2.24, 2.45) is 5.41 Å². The van der Waals surface area contributed by atoms with Gasteiger partial charge in [-0.3, -0.25) is 9.59 Å². The lowest BCUT2D eigenvalue weighted by Crippen LogP contribution is -2.40. The van der Waals surface area contributed by atoms with Crippen LogP contribution in [-0.2, 0) is 9.59 Å². The van der Waals surface area contributed by atoms with Crippen molar-refractivity contribution in [2.75, 3.05) is 6.61 Å². The summed E-state index contributed by atoms with van der Waals surface area (Å²) in [5.41, 5.74) is -0.944. The summed E-state index contributed by atoms with van der Waals surface area (Å²) in [6, 6.07) is 0. The number of aliphatic hydroxyl groups excluding tert-OH is 1. The molecule has 0 saturated carbocycles.